The van der Waals surface area contributed by atoms with Gasteiger partial charge in [0.25, 0.3) is 0 Å². The van der Waals surface area contributed by atoms with E-state index in [9.17, 15) is 19.1 Å². The fourth-order valence-electron chi connectivity index (χ4n) is 2.24. The van der Waals surface area contributed by atoms with E-state index in [1.807, 2.05) is 0 Å². The highest BCUT2D eigenvalue weighted by Crippen LogP contribution is 2.20. The number of hydrogen-bond donors (Lipinski definition) is 3. The molecule has 3 N–H and O–H groups in total. The first kappa shape index (κ1) is 15.7. The van der Waals surface area contributed by atoms with Crippen LogP contribution in [0.25, 0.3) is 0 Å². The van der Waals surface area contributed by atoms with Crippen molar-refractivity contribution in [2.45, 2.75) is 37.8 Å². The summed E-state index contributed by atoms with van der Waals surface area (Å²) in [7, 11) is 0. The van der Waals surface area contributed by atoms with Gasteiger partial charge in [0.05, 0.1) is 11.8 Å². The van der Waals surface area contributed by atoms with Crippen LogP contribution >= 0.6 is 11.6 Å². The zero-order valence-electron chi connectivity index (χ0n) is 11.2. The van der Waals surface area contributed by atoms with Crippen molar-refractivity contribution in [3.05, 3.63) is 29.0 Å². The number of hydrogen-bond acceptors (Lipinski definition) is 3. The highest BCUT2D eigenvalue weighted by Gasteiger charge is 2.24. The molecule has 1 saturated carbocycles. The highest BCUT2D eigenvalue weighted by molar-refractivity contribution is 6.39. The maximum absolute atomic E-state index is 13.5. The second kappa shape index (κ2) is 6.87. The summed E-state index contributed by atoms with van der Waals surface area (Å²) in [6.07, 6.45) is 2.09. The van der Waals surface area contributed by atoms with Crippen molar-refractivity contribution in [1.82, 2.24) is 5.32 Å². The smallest absolute Gasteiger partial charge is 0.313 e. The van der Waals surface area contributed by atoms with Gasteiger partial charge < -0.3 is 15.7 Å². The Morgan fingerprint density at radius 2 is 1.86 bits per heavy atom. The SMILES string of the molecule is O=C(Nc1ccc(Cl)cc1F)C(=O)NC1CCC(O)CC1. The Balaban J connectivity index is 1.89. The van der Waals surface area contributed by atoms with Gasteiger partial charge in [-0.15, -0.1) is 0 Å². The number of aliphatic hydroxyl groups is 1. The predicted octanol–water partition coefficient (Wildman–Crippen LogP) is 1.84. The minimum absolute atomic E-state index is 0.0985. The normalized spacial score (nSPS) is 21.7. The van der Waals surface area contributed by atoms with Crippen LogP contribution in [-0.4, -0.2) is 29.1 Å². The molecule has 0 aliphatic heterocycles. The lowest BCUT2D eigenvalue weighted by atomic mass is 9.93. The number of halogens is 2. The molecule has 0 heterocycles. The Kier molecular flexibility index (Phi) is 5.14. The zero-order chi connectivity index (χ0) is 15.4. The van der Waals surface area contributed by atoms with Crippen molar-refractivity contribution in [1.29, 1.82) is 0 Å². The lowest BCUT2D eigenvalue weighted by Crippen LogP contribution is -2.44. The third-order valence-electron chi connectivity index (χ3n) is 3.42. The molecule has 2 amide bonds. The Hall–Kier alpha value is -1.66. The van der Waals surface area contributed by atoms with E-state index in [-0.39, 0.29) is 22.9 Å². The molecule has 1 aliphatic carbocycles. The van der Waals surface area contributed by atoms with E-state index in [2.05, 4.69) is 10.6 Å². The highest BCUT2D eigenvalue weighted by atomic mass is 35.5. The first-order chi connectivity index (χ1) is 9.95. The van der Waals surface area contributed by atoms with Crippen molar-refractivity contribution in [2.75, 3.05) is 5.32 Å². The van der Waals surface area contributed by atoms with Crippen LogP contribution in [0.5, 0.6) is 0 Å². The number of aliphatic hydroxyl groups excluding tert-OH is 1. The summed E-state index contributed by atoms with van der Waals surface area (Å²) in [4.78, 5) is 23.5. The van der Waals surface area contributed by atoms with Gasteiger partial charge in [0.2, 0.25) is 0 Å². The first-order valence-electron chi connectivity index (χ1n) is 6.70. The molecule has 0 aromatic heterocycles. The fraction of sp³-hybridized carbons (Fsp3) is 0.429. The minimum atomic E-state index is -0.928. The van der Waals surface area contributed by atoms with Gasteiger partial charge in [-0.1, -0.05) is 11.6 Å². The first-order valence-corrected chi connectivity index (χ1v) is 7.08. The van der Waals surface area contributed by atoms with Crippen molar-refractivity contribution < 1.29 is 19.1 Å². The molecule has 1 aromatic carbocycles. The Bertz CT molecular complexity index is 545. The van der Waals surface area contributed by atoms with Gasteiger partial charge >= 0.3 is 11.8 Å². The largest absolute Gasteiger partial charge is 0.393 e. The van der Waals surface area contributed by atoms with E-state index in [0.29, 0.717) is 25.7 Å². The van der Waals surface area contributed by atoms with Crippen molar-refractivity contribution in [3.8, 4) is 0 Å². The molecule has 0 atom stereocenters. The van der Waals surface area contributed by atoms with Crippen LogP contribution in [0.1, 0.15) is 25.7 Å². The lowest BCUT2D eigenvalue weighted by Gasteiger charge is -2.25. The molecule has 1 fully saturated rings. The molecule has 5 nitrogen and oxygen atoms in total. The standard InChI is InChI=1S/C14H16ClFN2O3/c15-8-1-6-12(11(16)7-8)18-14(21)13(20)17-9-2-4-10(19)5-3-9/h1,6-7,9-10,19H,2-5H2,(H,17,20)(H,18,21). The summed E-state index contributed by atoms with van der Waals surface area (Å²) in [5.41, 5.74) is -0.0985. The van der Waals surface area contributed by atoms with Crippen LogP contribution in [0.2, 0.25) is 5.02 Å². The van der Waals surface area contributed by atoms with E-state index in [1.54, 1.807) is 0 Å². The Morgan fingerprint density at radius 3 is 2.48 bits per heavy atom. The lowest BCUT2D eigenvalue weighted by molar-refractivity contribution is -0.136. The summed E-state index contributed by atoms with van der Waals surface area (Å²) < 4.78 is 13.5. The van der Waals surface area contributed by atoms with E-state index < -0.39 is 17.6 Å². The van der Waals surface area contributed by atoms with Gasteiger partial charge in [-0.05, 0) is 43.9 Å². The number of rotatable bonds is 2. The number of carbonyl (C=O) groups excluding carboxylic acids is 2. The number of carbonyl (C=O) groups is 2. The molecule has 0 spiro atoms. The van der Waals surface area contributed by atoms with E-state index in [0.717, 1.165) is 6.07 Å². The van der Waals surface area contributed by atoms with Crippen LogP contribution in [-0.2, 0) is 9.59 Å². The third-order valence-corrected chi connectivity index (χ3v) is 3.65. The summed E-state index contributed by atoms with van der Waals surface area (Å²) in [6.45, 7) is 0. The number of nitrogens with one attached hydrogen (secondary N) is 2. The Morgan fingerprint density at radius 1 is 1.19 bits per heavy atom. The van der Waals surface area contributed by atoms with Crippen LogP contribution in [0, 0.1) is 5.82 Å². The molecule has 1 aliphatic rings. The van der Waals surface area contributed by atoms with Gasteiger partial charge in [0, 0.05) is 11.1 Å². The maximum atomic E-state index is 13.5. The third kappa shape index (κ3) is 4.41. The van der Waals surface area contributed by atoms with Crippen LogP contribution < -0.4 is 10.6 Å². The molecular weight excluding hydrogens is 299 g/mol. The van der Waals surface area contributed by atoms with Crippen LogP contribution in [0.4, 0.5) is 10.1 Å². The second-order valence-electron chi connectivity index (χ2n) is 5.06. The number of amides is 2. The average molecular weight is 315 g/mol. The van der Waals surface area contributed by atoms with Gasteiger partial charge in [-0.3, -0.25) is 9.59 Å². The fourth-order valence-corrected chi connectivity index (χ4v) is 2.40. The van der Waals surface area contributed by atoms with Crippen molar-refractivity contribution in [2.24, 2.45) is 0 Å². The number of anilines is 1. The maximum Gasteiger partial charge on any atom is 0.313 e. The monoisotopic (exact) mass is 314 g/mol. The molecule has 114 valence electrons. The minimum Gasteiger partial charge on any atom is -0.393 e. The molecule has 0 unspecified atom stereocenters. The summed E-state index contributed by atoms with van der Waals surface area (Å²) in [5.74, 6) is -2.45. The number of benzene rings is 1. The molecule has 0 saturated heterocycles. The molecule has 2 rings (SSSR count). The summed E-state index contributed by atoms with van der Waals surface area (Å²) >= 11 is 5.60. The Labute approximate surface area is 126 Å². The zero-order valence-corrected chi connectivity index (χ0v) is 12.0. The molecule has 21 heavy (non-hydrogen) atoms. The molecule has 7 heteroatoms. The second-order valence-corrected chi connectivity index (χ2v) is 5.49. The van der Waals surface area contributed by atoms with Gasteiger partial charge in [0.15, 0.2) is 0 Å². The van der Waals surface area contributed by atoms with Crippen molar-refractivity contribution >= 4 is 29.1 Å². The molecule has 0 radical (unpaired) electrons. The summed E-state index contributed by atoms with van der Waals surface area (Å²) in [6, 6.07) is 3.62. The van der Waals surface area contributed by atoms with E-state index >= 15 is 0 Å². The molecular formula is C14H16ClFN2O3. The molecule has 1 aromatic rings. The average Bonchev–Trinajstić information content (AvgIpc) is 2.44. The van der Waals surface area contributed by atoms with Crippen LogP contribution in [0.15, 0.2) is 18.2 Å². The van der Waals surface area contributed by atoms with E-state index in [4.69, 9.17) is 11.6 Å². The predicted molar refractivity (Wildman–Crippen MR) is 76.4 cm³/mol. The molecule has 0 bridgehead atoms. The topological polar surface area (TPSA) is 78.4 Å². The van der Waals surface area contributed by atoms with Gasteiger partial charge in [-0.25, -0.2) is 4.39 Å². The quantitative estimate of drug-likeness (QED) is 0.729. The van der Waals surface area contributed by atoms with Crippen molar-refractivity contribution in [3.63, 3.8) is 0 Å². The van der Waals surface area contributed by atoms with Crippen LogP contribution in [0.3, 0.4) is 0 Å². The van der Waals surface area contributed by atoms with Gasteiger partial charge in [0.1, 0.15) is 5.82 Å². The van der Waals surface area contributed by atoms with Gasteiger partial charge in [-0.2, -0.15) is 0 Å². The summed E-state index contributed by atoms with van der Waals surface area (Å²) in [5, 5.41) is 14.4. The van der Waals surface area contributed by atoms with E-state index in [1.165, 1.54) is 12.1 Å².